The van der Waals surface area contributed by atoms with Crippen LogP contribution < -0.4 is 4.29 Å². The maximum Gasteiger partial charge on any atom is 0.149 e. The molecule has 1 aromatic rings. The fraction of sp³-hybridized carbons (Fsp3) is 0.143. The fourth-order valence-electron chi connectivity index (χ4n) is 0.699. The SMILES string of the molecule is Cc1cc(Cl)ccc1OCl. The van der Waals surface area contributed by atoms with Crippen molar-refractivity contribution in [1.29, 1.82) is 0 Å². The zero-order valence-electron chi connectivity index (χ0n) is 5.40. The predicted molar refractivity (Wildman–Crippen MR) is 42.7 cm³/mol. The van der Waals surface area contributed by atoms with Gasteiger partial charge in [-0.05, 0) is 30.7 Å². The molecule has 0 bridgehead atoms. The van der Waals surface area contributed by atoms with Crippen molar-refractivity contribution in [3.8, 4) is 5.75 Å². The van der Waals surface area contributed by atoms with Crippen molar-refractivity contribution in [2.75, 3.05) is 0 Å². The fourth-order valence-corrected chi connectivity index (χ4v) is 1.10. The van der Waals surface area contributed by atoms with Gasteiger partial charge in [-0.1, -0.05) is 11.6 Å². The van der Waals surface area contributed by atoms with Gasteiger partial charge < -0.3 is 4.29 Å². The Morgan fingerprint density at radius 2 is 2.10 bits per heavy atom. The summed E-state index contributed by atoms with van der Waals surface area (Å²) in [6, 6.07) is 5.25. The normalized spacial score (nSPS) is 9.50. The van der Waals surface area contributed by atoms with Crippen LogP contribution in [0.4, 0.5) is 0 Å². The van der Waals surface area contributed by atoms with E-state index in [1.165, 1.54) is 0 Å². The highest BCUT2D eigenvalue weighted by molar-refractivity contribution is 6.30. The summed E-state index contributed by atoms with van der Waals surface area (Å²) in [6.07, 6.45) is 0. The summed E-state index contributed by atoms with van der Waals surface area (Å²) in [4.78, 5) is 0. The van der Waals surface area contributed by atoms with Gasteiger partial charge in [-0.2, -0.15) is 0 Å². The molecule has 0 atom stereocenters. The number of aryl methyl sites for hydroxylation is 1. The molecule has 0 heterocycles. The van der Waals surface area contributed by atoms with Gasteiger partial charge in [-0.3, -0.25) is 0 Å². The van der Waals surface area contributed by atoms with Crippen molar-refractivity contribution in [2.24, 2.45) is 0 Å². The smallest absolute Gasteiger partial charge is 0.149 e. The van der Waals surface area contributed by atoms with E-state index in [9.17, 15) is 0 Å². The van der Waals surface area contributed by atoms with E-state index in [0.717, 1.165) is 5.56 Å². The van der Waals surface area contributed by atoms with Gasteiger partial charge in [-0.25, -0.2) is 0 Å². The molecule has 0 aliphatic carbocycles. The van der Waals surface area contributed by atoms with E-state index >= 15 is 0 Å². The first-order chi connectivity index (χ1) is 4.74. The van der Waals surface area contributed by atoms with E-state index < -0.39 is 0 Å². The molecule has 0 fully saturated rings. The van der Waals surface area contributed by atoms with Crippen LogP contribution in [0.1, 0.15) is 5.56 Å². The lowest BCUT2D eigenvalue weighted by Crippen LogP contribution is -1.79. The lowest BCUT2D eigenvalue weighted by Gasteiger charge is -1.99. The Morgan fingerprint density at radius 3 is 2.60 bits per heavy atom. The minimum absolute atomic E-state index is 0.645. The first kappa shape index (κ1) is 7.70. The van der Waals surface area contributed by atoms with Crippen LogP contribution in [0.3, 0.4) is 0 Å². The average Bonchev–Trinajstić information content (AvgIpc) is 1.88. The van der Waals surface area contributed by atoms with Crippen molar-refractivity contribution in [2.45, 2.75) is 6.92 Å². The van der Waals surface area contributed by atoms with Crippen LogP contribution in [0.15, 0.2) is 18.2 Å². The zero-order valence-corrected chi connectivity index (χ0v) is 6.91. The summed E-state index contributed by atoms with van der Waals surface area (Å²) in [6.45, 7) is 1.88. The first-order valence-corrected chi connectivity index (χ1v) is 3.47. The molecule has 0 saturated heterocycles. The molecule has 1 nitrogen and oxygen atoms in total. The molecular formula is C7H6Cl2O. The highest BCUT2D eigenvalue weighted by Crippen LogP contribution is 2.22. The highest BCUT2D eigenvalue weighted by atomic mass is 35.5. The van der Waals surface area contributed by atoms with Gasteiger partial charge in [0.25, 0.3) is 0 Å². The molecule has 0 saturated carbocycles. The monoisotopic (exact) mass is 176 g/mol. The Morgan fingerprint density at radius 1 is 1.40 bits per heavy atom. The van der Waals surface area contributed by atoms with Gasteiger partial charge in [0.15, 0.2) is 0 Å². The summed E-state index contributed by atoms with van der Waals surface area (Å²) in [5.41, 5.74) is 0.933. The van der Waals surface area contributed by atoms with Gasteiger partial charge in [0, 0.05) is 5.02 Å². The molecule has 0 aliphatic heterocycles. The maximum atomic E-state index is 5.68. The molecule has 0 amide bonds. The van der Waals surface area contributed by atoms with E-state index in [-0.39, 0.29) is 0 Å². The molecule has 0 spiro atoms. The molecule has 1 rings (SSSR count). The molecule has 54 valence electrons. The standard InChI is InChI=1S/C7H6Cl2O/c1-5-4-6(8)2-3-7(5)10-9/h2-4H,1H3. The van der Waals surface area contributed by atoms with E-state index in [4.69, 9.17) is 23.5 Å². The summed E-state index contributed by atoms with van der Waals surface area (Å²) < 4.78 is 4.51. The topological polar surface area (TPSA) is 9.23 Å². The molecule has 0 aromatic heterocycles. The first-order valence-electron chi connectivity index (χ1n) is 2.79. The molecule has 10 heavy (non-hydrogen) atoms. The van der Waals surface area contributed by atoms with Crippen LogP contribution in [-0.4, -0.2) is 0 Å². The van der Waals surface area contributed by atoms with Crippen LogP contribution in [0.5, 0.6) is 5.75 Å². The highest BCUT2D eigenvalue weighted by Gasteiger charge is 1.97. The third-order valence-electron chi connectivity index (χ3n) is 1.22. The van der Waals surface area contributed by atoms with Crippen molar-refractivity contribution >= 4 is 23.5 Å². The molecule has 1 aromatic carbocycles. The lowest BCUT2D eigenvalue weighted by molar-refractivity contribution is 0.613. The van der Waals surface area contributed by atoms with Crippen LogP contribution in [-0.2, 0) is 0 Å². The third-order valence-corrected chi connectivity index (χ3v) is 1.62. The van der Waals surface area contributed by atoms with Gasteiger partial charge >= 0.3 is 0 Å². The zero-order chi connectivity index (χ0) is 7.56. The predicted octanol–water partition coefficient (Wildman–Crippen LogP) is 3.18. The molecule has 0 aliphatic rings. The maximum absolute atomic E-state index is 5.68. The molecule has 0 radical (unpaired) electrons. The minimum Gasteiger partial charge on any atom is -0.385 e. The Hall–Kier alpha value is -0.400. The van der Waals surface area contributed by atoms with E-state index in [1.54, 1.807) is 18.2 Å². The van der Waals surface area contributed by atoms with Gasteiger partial charge in [0.1, 0.15) is 17.6 Å². The van der Waals surface area contributed by atoms with E-state index in [2.05, 4.69) is 4.29 Å². The second-order valence-electron chi connectivity index (χ2n) is 1.99. The summed E-state index contributed by atoms with van der Waals surface area (Å²) in [7, 11) is 0. The summed E-state index contributed by atoms with van der Waals surface area (Å²) in [5, 5.41) is 0.690. The molecular weight excluding hydrogens is 171 g/mol. The van der Waals surface area contributed by atoms with Gasteiger partial charge in [0.2, 0.25) is 0 Å². The largest absolute Gasteiger partial charge is 0.385 e. The number of rotatable bonds is 1. The van der Waals surface area contributed by atoms with Crippen LogP contribution in [0.2, 0.25) is 5.02 Å². The Bertz CT molecular complexity index is 235. The molecule has 0 unspecified atom stereocenters. The Kier molecular flexibility index (Phi) is 2.41. The second kappa shape index (κ2) is 3.13. The lowest BCUT2D eigenvalue weighted by atomic mass is 10.2. The van der Waals surface area contributed by atoms with Crippen molar-refractivity contribution in [3.63, 3.8) is 0 Å². The van der Waals surface area contributed by atoms with E-state index in [1.807, 2.05) is 6.92 Å². The number of hydrogen-bond donors (Lipinski definition) is 0. The van der Waals surface area contributed by atoms with E-state index in [0.29, 0.717) is 10.8 Å². The number of benzene rings is 1. The Balaban J connectivity index is 3.07. The minimum atomic E-state index is 0.645. The number of hydrogen-bond acceptors (Lipinski definition) is 1. The quantitative estimate of drug-likeness (QED) is 0.639. The average molecular weight is 177 g/mol. The van der Waals surface area contributed by atoms with Crippen LogP contribution in [0.25, 0.3) is 0 Å². The van der Waals surface area contributed by atoms with Crippen molar-refractivity contribution in [3.05, 3.63) is 28.8 Å². The van der Waals surface area contributed by atoms with Crippen molar-refractivity contribution < 1.29 is 4.29 Å². The van der Waals surface area contributed by atoms with Crippen molar-refractivity contribution in [1.82, 2.24) is 0 Å². The molecule has 3 heteroatoms. The van der Waals surface area contributed by atoms with Gasteiger partial charge in [-0.15, -0.1) is 0 Å². The summed E-state index contributed by atoms with van der Waals surface area (Å²) in [5.74, 6) is 0.645. The Labute approximate surface area is 69.7 Å². The van der Waals surface area contributed by atoms with Crippen LogP contribution in [0, 0.1) is 6.92 Å². The summed E-state index contributed by atoms with van der Waals surface area (Å²) >= 11 is 10.8. The van der Waals surface area contributed by atoms with Gasteiger partial charge in [0.05, 0.1) is 0 Å². The molecule has 0 N–H and O–H groups in total. The second-order valence-corrected chi connectivity index (χ2v) is 2.58. The number of halogens is 2. The third kappa shape index (κ3) is 1.55. The van der Waals surface area contributed by atoms with Crippen LogP contribution >= 0.6 is 23.5 Å².